The molecule has 0 aliphatic rings. The van der Waals surface area contributed by atoms with Crippen molar-refractivity contribution in [1.29, 1.82) is 0 Å². The van der Waals surface area contributed by atoms with E-state index >= 15 is 0 Å². The summed E-state index contributed by atoms with van der Waals surface area (Å²) >= 11 is 0. The number of aliphatic carboxylic acids is 1. The minimum Gasteiger partial charge on any atom is -0.544 e. The highest BCUT2D eigenvalue weighted by Gasteiger charge is 2.25. The summed E-state index contributed by atoms with van der Waals surface area (Å²) in [6.07, 6.45) is 31.6. The Kier molecular flexibility index (Phi) is 27.9. The number of unbranched alkanes of at least 4 members (excludes halogenated alkanes) is 8. The fourth-order valence-corrected chi connectivity index (χ4v) is 4.73. The van der Waals surface area contributed by atoms with Crippen molar-refractivity contribution in [3.63, 3.8) is 0 Å². The van der Waals surface area contributed by atoms with Gasteiger partial charge in [0.25, 0.3) is 0 Å². The van der Waals surface area contributed by atoms with Gasteiger partial charge in [-0.3, -0.25) is 9.59 Å². The summed E-state index contributed by atoms with van der Waals surface area (Å²) in [5.74, 6) is -1.85. The summed E-state index contributed by atoms with van der Waals surface area (Å²) in [6, 6.07) is -0.735. The van der Waals surface area contributed by atoms with Gasteiger partial charge in [0.05, 0.1) is 40.3 Å². The number of carboxylic acids is 1. The zero-order chi connectivity index (χ0) is 34.3. The first-order chi connectivity index (χ1) is 22.1. The van der Waals surface area contributed by atoms with E-state index in [4.69, 9.17) is 14.2 Å². The molecule has 0 N–H and O–H groups in total. The normalized spacial score (nSPS) is 13.7. The van der Waals surface area contributed by atoms with Crippen molar-refractivity contribution in [3.05, 3.63) is 48.6 Å². The van der Waals surface area contributed by atoms with Gasteiger partial charge in [-0.25, -0.2) is 0 Å². The zero-order valence-corrected chi connectivity index (χ0v) is 29.7. The SMILES string of the molecule is CC/C=C\C/C=C\C/C=C\C/C=C\CCC(=O)OC(COCCC(C(=O)[O-])[N+](C)(C)C)COC(=O)CCCCCCCCCCC. The first-order valence-corrected chi connectivity index (χ1v) is 17.7. The molecule has 0 fully saturated rings. The van der Waals surface area contributed by atoms with Crippen LogP contribution in [0.3, 0.4) is 0 Å². The third-order valence-electron chi connectivity index (χ3n) is 7.49. The lowest BCUT2D eigenvalue weighted by Gasteiger charge is -2.34. The van der Waals surface area contributed by atoms with Crippen LogP contribution in [-0.2, 0) is 28.6 Å². The van der Waals surface area contributed by atoms with Gasteiger partial charge in [0.1, 0.15) is 12.6 Å². The summed E-state index contributed by atoms with van der Waals surface area (Å²) in [5.41, 5.74) is 0. The summed E-state index contributed by atoms with van der Waals surface area (Å²) < 4.78 is 16.9. The Bertz CT molecular complexity index is 901. The zero-order valence-electron chi connectivity index (χ0n) is 29.7. The molecule has 0 aromatic carbocycles. The van der Waals surface area contributed by atoms with Crippen LogP contribution in [-0.4, -0.2) is 75.5 Å². The Hall–Kier alpha value is -2.71. The van der Waals surface area contributed by atoms with E-state index in [0.29, 0.717) is 12.8 Å². The number of carbonyl (C=O) groups is 3. The number of esters is 2. The largest absolute Gasteiger partial charge is 0.544 e. The van der Waals surface area contributed by atoms with Crippen molar-refractivity contribution < 1.29 is 38.2 Å². The highest BCUT2D eigenvalue weighted by Crippen LogP contribution is 2.12. The van der Waals surface area contributed by atoms with Crippen molar-refractivity contribution in [2.24, 2.45) is 0 Å². The summed E-state index contributed by atoms with van der Waals surface area (Å²) in [6.45, 7) is 4.41. The number of hydrogen-bond acceptors (Lipinski definition) is 7. The number of nitrogens with zero attached hydrogens (tertiary/aromatic N) is 1. The predicted octanol–water partition coefficient (Wildman–Crippen LogP) is 7.18. The number of ether oxygens (including phenoxy) is 3. The number of carboxylic acid groups (broad SMARTS) is 1. The molecule has 0 aromatic rings. The molecule has 2 unspecified atom stereocenters. The quantitative estimate of drug-likeness (QED) is 0.0352. The maximum atomic E-state index is 12.5. The van der Waals surface area contributed by atoms with Gasteiger partial charge in [-0.1, -0.05) is 114 Å². The van der Waals surface area contributed by atoms with Crippen molar-refractivity contribution in [3.8, 4) is 0 Å². The van der Waals surface area contributed by atoms with Gasteiger partial charge < -0.3 is 28.6 Å². The number of quaternary nitrogens is 1. The van der Waals surface area contributed by atoms with Gasteiger partial charge in [0.15, 0.2) is 6.10 Å². The van der Waals surface area contributed by atoms with Gasteiger partial charge in [-0.05, 0) is 38.5 Å². The molecule has 0 saturated carbocycles. The molecule has 264 valence electrons. The highest BCUT2D eigenvalue weighted by molar-refractivity contribution is 5.70. The maximum Gasteiger partial charge on any atom is 0.306 e. The highest BCUT2D eigenvalue weighted by atomic mass is 16.6. The Balaban J connectivity index is 4.60. The van der Waals surface area contributed by atoms with Crippen LogP contribution >= 0.6 is 0 Å². The average Bonchev–Trinajstić information content (AvgIpc) is 3.00. The van der Waals surface area contributed by atoms with Crippen LogP contribution in [0.4, 0.5) is 0 Å². The second-order valence-electron chi connectivity index (χ2n) is 12.7. The maximum absolute atomic E-state index is 12.5. The molecule has 0 aliphatic heterocycles. The van der Waals surface area contributed by atoms with Crippen molar-refractivity contribution in [1.82, 2.24) is 0 Å². The number of carbonyl (C=O) groups excluding carboxylic acids is 3. The molecule has 0 bridgehead atoms. The van der Waals surface area contributed by atoms with E-state index in [2.05, 4.69) is 50.3 Å². The van der Waals surface area contributed by atoms with E-state index in [1.807, 2.05) is 12.2 Å². The first kappa shape index (κ1) is 43.3. The Morgan fingerprint density at radius 3 is 1.76 bits per heavy atom. The van der Waals surface area contributed by atoms with Crippen LogP contribution in [0.2, 0.25) is 0 Å². The van der Waals surface area contributed by atoms with E-state index in [9.17, 15) is 19.5 Å². The van der Waals surface area contributed by atoms with Crippen LogP contribution in [0.1, 0.15) is 123 Å². The smallest absolute Gasteiger partial charge is 0.306 e. The Morgan fingerprint density at radius 2 is 1.22 bits per heavy atom. The van der Waals surface area contributed by atoms with Crippen LogP contribution in [0.5, 0.6) is 0 Å². The fraction of sp³-hybridized carbons (Fsp3) is 0.711. The lowest BCUT2D eigenvalue weighted by atomic mass is 10.1. The molecular formula is C38H65NO7. The average molecular weight is 648 g/mol. The van der Waals surface area contributed by atoms with E-state index in [0.717, 1.165) is 44.9 Å². The molecule has 2 atom stereocenters. The van der Waals surface area contributed by atoms with Crippen molar-refractivity contribution >= 4 is 17.9 Å². The lowest BCUT2D eigenvalue weighted by molar-refractivity contribution is -0.889. The molecule has 0 aliphatic carbocycles. The van der Waals surface area contributed by atoms with Gasteiger partial charge in [0.2, 0.25) is 0 Å². The first-order valence-electron chi connectivity index (χ1n) is 17.7. The number of rotatable bonds is 30. The second kappa shape index (κ2) is 29.7. The van der Waals surface area contributed by atoms with Crippen molar-refractivity contribution in [2.75, 3.05) is 41.0 Å². The van der Waals surface area contributed by atoms with Crippen LogP contribution in [0.25, 0.3) is 0 Å². The van der Waals surface area contributed by atoms with Gasteiger partial charge >= 0.3 is 11.9 Å². The minimum absolute atomic E-state index is 0.0118. The molecule has 8 heteroatoms. The minimum atomic E-state index is -1.14. The topological polar surface area (TPSA) is 102 Å². The number of hydrogen-bond donors (Lipinski definition) is 0. The Morgan fingerprint density at radius 1 is 0.674 bits per heavy atom. The Labute approximate surface area is 280 Å². The summed E-state index contributed by atoms with van der Waals surface area (Å²) in [5, 5.41) is 11.5. The fourth-order valence-electron chi connectivity index (χ4n) is 4.73. The second-order valence-corrected chi connectivity index (χ2v) is 12.7. The van der Waals surface area contributed by atoms with Crippen molar-refractivity contribution in [2.45, 2.75) is 135 Å². The van der Waals surface area contributed by atoms with Crippen LogP contribution in [0.15, 0.2) is 48.6 Å². The molecule has 0 saturated heterocycles. The van der Waals surface area contributed by atoms with Gasteiger partial charge in [-0.2, -0.15) is 0 Å². The number of likely N-dealkylation sites (N-methyl/N-ethyl adjacent to an activating group) is 1. The van der Waals surface area contributed by atoms with Crippen LogP contribution in [0, 0.1) is 0 Å². The molecule has 0 radical (unpaired) electrons. The number of allylic oxidation sites excluding steroid dienone is 8. The van der Waals surface area contributed by atoms with E-state index in [1.165, 1.54) is 38.5 Å². The van der Waals surface area contributed by atoms with E-state index in [-0.39, 0.29) is 43.1 Å². The molecule has 0 amide bonds. The molecule has 0 aromatic heterocycles. The summed E-state index contributed by atoms with van der Waals surface area (Å²) in [4.78, 5) is 36.4. The standard InChI is InChI=1S/C38H65NO7/c1-6-8-10-12-14-16-17-18-19-21-23-25-27-29-37(41)46-34(32-44-31-30-35(38(42)43)39(3,4)5)33-45-36(40)28-26-24-22-20-15-13-11-9-7-2/h8,10,14,16,18-19,23,25,34-35H,6-7,9,11-13,15,17,20-22,24,26-33H2,1-5H3/b10-8-,16-14-,19-18-,25-23-. The lowest BCUT2D eigenvalue weighted by Crippen LogP contribution is -2.55. The molecular weight excluding hydrogens is 582 g/mol. The van der Waals surface area contributed by atoms with Crippen LogP contribution < -0.4 is 5.11 Å². The molecule has 0 heterocycles. The molecule has 8 nitrogen and oxygen atoms in total. The monoisotopic (exact) mass is 647 g/mol. The third kappa shape index (κ3) is 27.6. The third-order valence-corrected chi connectivity index (χ3v) is 7.49. The van der Waals surface area contributed by atoms with E-state index < -0.39 is 24.1 Å². The van der Waals surface area contributed by atoms with Gasteiger partial charge in [-0.15, -0.1) is 0 Å². The molecule has 0 rings (SSSR count). The molecule has 0 spiro atoms. The molecule has 46 heavy (non-hydrogen) atoms. The van der Waals surface area contributed by atoms with E-state index in [1.54, 1.807) is 21.1 Å². The van der Waals surface area contributed by atoms with Gasteiger partial charge in [0, 0.05) is 19.3 Å². The predicted molar refractivity (Wildman–Crippen MR) is 185 cm³/mol. The summed E-state index contributed by atoms with van der Waals surface area (Å²) in [7, 11) is 5.36.